The molecule has 1 fully saturated rings. The van der Waals surface area contributed by atoms with E-state index >= 15 is 0 Å². The summed E-state index contributed by atoms with van der Waals surface area (Å²) in [6, 6.07) is 6.89. The molecule has 1 saturated heterocycles. The van der Waals surface area contributed by atoms with Crippen LogP contribution in [0.4, 0.5) is 11.4 Å². The minimum atomic E-state index is -0.323. The molecule has 8 heteroatoms. The number of hydrogen-bond donors (Lipinski definition) is 0. The number of nitro benzene ring substituents is 1. The zero-order valence-corrected chi connectivity index (χ0v) is 13.7. The number of nitro groups is 1. The quantitative estimate of drug-likeness (QED) is 0.592. The maximum atomic E-state index is 11.2. The molecule has 0 N–H and O–H groups in total. The van der Waals surface area contributed by atoms with Crippen LogP contribution in [-0.2, 0) is 13.0 Å². The molecule has 3 rings (SSSR count). The van der Waals surface area contributed by atoms with E-state index in [0.29, 0.717) is 23.9 Å². The normalized spacial score (nSPS) is 15.6. The van der Waals surface area contributed by atoms with E-state index in [2.05, 4.69) is 26.9 Å². The first-order valence-electron chi connectivity index (χ1n) is 8.19. The Kier molecular flexibility index (Phi) is 5.05. The van der Waals surface area contributed by atoms with E-state index in [1.54, 1.807) is 12.1 Å². The molecule has 0 aliphatic carbocycles. The second-order valence-corrected chi connectivity index (χ2v) is 5.86. The second-order valence-electron chi connectivity index (χ2n) is 5.86. The summed E-state index contributed by atoms with van der Waals surface area (Å²) >= 11 is 0. The van der Waals surface area contributed by atoms with Crippen molar-refractivity contribution in [2.75, 3.05) is 31.1 Å². The fraction of sp³-hybridized carbons (Fsp3) is 0.500. The number of rotatable bonds is 6. The predicted octanol–water partition coefficient (Wildman–Crippen LogP) is 2.25. The molecule has 2 aromatic rings. The molecule has 0 unspecified atom stereocenters. The summed E-state index contributed by atoms with van der Waals surface area (Å²) in [7, 11) is 0. The van der Waals surface area contributed by atoms with Crippen molar-refractivity contribution in [3.63, 3.8) is 0 Å². The van der Waals surface area contributed by atoms with Crippen LogP contribution in [0.15, 0.2) is 28.8 Å². The zero-order valence-electron chi connectivity index (χ0n) is 13.7. The Labute approximate surface area is 140 Å². The molecular formula is C16H21N5O3. The van der Waals surface area contributed by atoms with E-state index in [4.69, 9.17) is 4.52 Å². The standard InChI is InChI=1S/C16H21N5O3/c1-2-5-16-17-15(18-24-16)12-19-8-10-20(11-9-19)13-6-3-4-7-14(13)21(22)23/h3-4,6-7H,2,5,8-12H2,1H3. The first kappa shape index (κ1) is 16.4. The lowest BCUT2D eigenvalue weighted by Crippen LogP contribution is -2.46. The zero-order chi connectivity index (χ0) is 16.9. The monoisotopic (exact) mass is 331 g/mol. The van der Waals surface area contributed by atoms with Gasteiger partial charge in [0.1, 0.15) is 5.69 Å². The van der Waals surface area contributed by atoms with Gasteiger partial charge in [-0.2, -0.15) is 4.98 Å². The number of anilines is 1. The van der Waals surface area contributed by atoms with Crippen molar-refractivity contribution >= 4 is 11.4 Å². The smallest absolute Gasteiger partial charge is 0.292 e. The van der Waals surface area contributed by atoms with Gasteiger partial charge in [-0.15, -0.1) is 0 Å². The SMILES string of the molecule is CCCc1nc(CN2CCN(c3ccccc3[N+](=O)[O-])CC2)no1. The molecule has 24 heavy (non-hydrogen) atoms. The average Bonchev–Trinajstić information content (AvgIpc) is 3.03. The Hall–Kier alpha value is -2.48. The molecule has 1 aromatic carbocycles. The molecule has 2 heterocycles. The topological polar surface area (TPSA) is 88.5 Å². The van der Waals surface area contributed by atoms with Gasteiger partial charge in [0.25, 0.3) is 5.69 Å². The number of nitrogens with zero attached hydrogens (tertiary/aromatic N) is 5. The van der Waals surface area contributed by atoms with E-state index in [1.165, 1.54) is 0 Å². The number of para-hydroxylation sites is 2. The Morgan fingerprint density at radius 3 is 2.71 bits per heavy atom. The minimum absolute atomic E-state index is 0.160. The van der Waals surface area contributed by atoms with Gasteiger partial charge < -0.3 is 9.42 Å². The van der Waals surface area contributed by atoms with Crippen LogP contribution >= 0.6 is 0 Å². The molecule has 0 amide bonds. The van der Waals surface area contributed by atoms with Crippen molar-refractivity contribution in [2.45, 2.75) is 26.3 Å². The molecule has 0 spiro atoms. The number of aryl methyl sites for hydroxylation is 1. The predicted molar refractivity (Wildman–Crippen MR) is 88.9 cm³/mol. The largest absolute Gasteiger partial charge is 0.363 e. The lowest BCUT2D eigenvalue weighted by atomic mass is 10.2. The summed E-state index contributed by atoms with van der Waals surface area (Å²) in [5, 5.41) is 15.2. The Bertz CT molecular complexity index is 695. The van der Waals surface area contributed by atoms with Crippen LogP contribution in [0.3, 0.4) is 0 Å². The molecule has 0 saturated carbocycles. The molecule has 1 aliphatic heterocycles. The summed E-state index contributed by atoms with van der Waals surface area (Å²) < 4.78 is 5.21. The summed E-state index contributed by atoms with van der Waals surface area (Å²) in [4.78, 5) is 19.5. The van der Waals surface area contributed by atoms with E-state index in [0.717, 1.165) is 39.0 Å². The fourth-order valence-corrected chi connectivity index (χ4v) is 2.90. The van der Waals surface area contributed by atoms with Crippen molar-refractivity contribution in [2.24, 2.45) is 0 Å². The summed E-state index contributed by atoms with van der Waals surface area (Å²) in [6.07, 6.45) is 1.79. The van der Waals surface area contributed by atoms with E-state index in [-0.39, 0.29) is 10.6 Å². The highest BCUT2D eigenvalue weighted by molar-refractivity contribution is 5.63. The highest BCUT2D eigenvalue weighted by atomic mass is 16.6. The Balaban J connectivity index is 1.58. The molecule has 0 radical (unpaired) electrons. The number of benzene rings is 1. The van der Waals surface area contributed by atoms with Crippen molar-refractivity contribution in [1.82, 2.24) is 15.0 Å². The molecule has 1 aliphatic rings. The van der Waals surface area contributed by atoms with Crippen LogP contribution in [-0.4, -0.2) is 46.1 Å². The van der Waals surface area contributed by atoms with Crippen LogP contribution in [0.2, 0.25) is 0 Å². The summed E-state index contributed by atoms with van der Waals surface area (Å²) in [5.41, 5.74) is 0.847. The molecule has 1 aromatic heterocycles. The van der Waals surface area contributed by atoms with Gasteiger partial charge in [0.2, 0.25) is 5.89 Å². The van der Waals surface area contributed by atoms with Gasteiger partial charge >= 0.3 is 0 Å². The third kappa shape index (κ3) is 3.70. The number of hydrogen-bond acceptors (Lipinski definition) is 7. The van der Waals surface area contributed by atoms with Crippen LogP contribution in [0.25, 0.3) is 0 Å². The fourth-order valence-electron chi connectivity index (χ4n) is 2.90. The van der Waals surface area contributed by atoms with Crippen molar-refractivity contribution in [1.29, 1.82) is 0 Å². The number of piperazine rings is 1. The van der Waals surface area contributed by atoms with Crippen molar-refractivity contribution in [3.05, 3.63) is 46.1 Å². The number of aromatic nitrogens is 2. The summed E-state index contributed by atoms with van der Waals surface area (Å²) in [6.45, 7) is 5.83. The van der Waals surface area contributed by atoms with Gasteiger partial charge in [0.05, 0.1) is 11.5 Å². The Morgan fingerprint density at radius 1 is 1.25 bits per heavy atom. The van der Waals surface area contributed by atoms with Gasteiger partial charge in [0, 0.05) is 38.7 Å². The Morgan fingerprint density at radius 2 is 2.00 bits per heavy atom. The van der Waals surface area contributed by atoms with Crippen molar-refractivity contribution in [3.8, 4) is 0 Å². The molecular weight excluding hydrogens is 310 g/mol. The van der Waals surface area contributed by atoms with E-state index in [9.17, 15) is 10.1 Å². The van der Waals surface area contributed by atoms with Crippen LogP contribution in [0.5, 0.6) is 0 Å². The molecule has 0 atom stereocenters. The average molecular weight is 331 g/mol. The summed E-state index contributed by atoms with van der Waals surface area (Å²) in [5.74, 6) is 1.39. The third-order valence-corrected chi connectivity index (χ3v) is 4.13. The first-order valence-corrected chi connectivity index (χ1v) is 8.19. The van der Waals surface area contributed by atoms with Gasteiger partial charge in [-0.05, 0) is 12.5 Å². The lowest BCUT2D eigenvalue weighted by Gasteiger charge is -2.35. The van der Waals surface area contributed by atoms with Crippen LogP contribution in [0.1, 0.15) is 25.1 Å². The maximum Gasteiger partial charge on any atom is 0.292 e. The van der Waals surface area contributed by atoms with Gasteiger partial charge in [-0.25, -0.2) is 0 Å². The van der Waals surface area contributed by atoms with E-state index in [1.807, 2.05) is 12.1 Å². The van der Waals surface area contributed by atoms with Crippen LogP contribution in [0, 0.1) is 10.1 Å². The first-order chi connectivity index (χ1) is 11.7. The van der Waals surface area contributed by atoms with Crippen molar-refractivity contribution < 1.29 is 9.45 Å². The van der Waals surface area contributed by atoms with Gasteiger partial charge in [-0.3, -0.25) is 15.0 Å². The van der Waals surface area contributed by atoms with Crippen LogP contribution < -0.4 is 4.90 Å². The highest BCUT2D eigenvalue weighted by Crippen LogP contribution is 2.28. The van der Waals surface area contributed by atoms with Gasteiger partial charge in [-0.1, -0.05) is 24.2 Å². The highest BCUT2D eigenvalue weighted by Gasteiger charge is 2.24. The third-order valence-electron chi connectivity index (χ3n) is 4.13. The molecule has 128 valence electrons. The minimum Gasteiger partial charge on any atom is -0.363 e. The van der Waals surface area contributed by atoms with E-state index < -0.39 is 0 Å². The lowest BCUT2D eigenvalue weighted by molar-refractivity contribution is -0.384. The molecule has 0 bridgehead atoms. The van der Waals surface area contributed by atoms with Gasteiger partial charge in [0.15, 0.2) is 5.82 Å². The molecule has 8 nitrogen and oxygen atoms in total. The second kappa shape index (κ2) is 7.39. The maximum absolute atomic E-state index is 11.2.